The molecule has 1 aliphatic carbocycles. The van der Waals surface area contributed by atoms with Crippen LogP contribution < -0.4 is 5.32 Å². The molecule has 2 heteroatoms. The molecule has 0 aromatic heterocycles. The number of nitrogens with one attached hydrogen (secondary N) is 1. The molecule has 2 nitrogen and oxygen atoms in total. The molecule has 1 rings (SSSR count). The predicted molar refractivity (Wildman–Crippen MR) is 71.9 cm³/mol. The summed E-state index contributed by atoms with van der Waals surface area (Å²) in [5, 5.41) is 3.26. The number of allylic oxidation sites excluding steroid dienone is 3. The number of aliphatic imine (C=N–C) groups is 1. The first-order valence-electron chi connectivity index (χ1n) is 6.09. The van der Waals surface area contributed by atoms with Crippen LogP contribution in [0.2, 0.25) is 0 Å². The molecule has 0 radical (unpaired) electrons. The smallest absolute Gasteiger partial charge is 0.0440 e. The van der Waals surface area contributed by atoms with E-state index in [0.29, 0.717) is 0 Å². The lowest BCUT2D eigenvalue weighted by atomic mass is 9.85. The van der Waals surface area contributed by atoms with Crippen LogP contribution in [-0.2, 0) is 0 Å². The van der Waals surface area contributed by atoms with Crippen molar-refractivity contribution in [3.8, 4) is 0 Å². The minimum atomic E-state index is 0.728. The highest BCUT2D eigenvalue weighted by atomic mass is 14.8. The van der Waals surface area contributed by atoms with E-state index in [9.17, 15) is 0 Å². The quantitative estimate of drug-likeness (QED) is 0.722. The fraction of sp³-hybridized carbons (Fsp3) is 0.643. The first-order chi connectivity index (χ1) is 7.54. The summed E-state index contributed by atoms with van der Waals surface area (Å²) < 4.78 is 0. The minimum Gasteiger partial charge on any atom is -0.319 e. The number of nitrogens with zero attached hydrogens (tertiary/aromatic N) is 1. The van der Waals surface area contributed by atoms with Crippen molar-refractivity contribution in [1.29, 1.82) is 0 Å². The van der Waals surface area contributed by atoms with Crippen LogP contribution in [0, 0.1) is 5.92 Å². The van der Waals surface area contributed by atoms with Crippen LogP contribution in [0.5, 0.6) is 0 Å². The molecule has 0 aromatic carbocycles. The number of rotatable bonds is 4. The molecule has 0 aliphatic heterocycles. The molecule has 1 N–H and O–H groups in total. The molecule has 1 atom stereocenters. The van der Waals surface area contributed by atoms with Gasteiger partial charge in [-0.25, -0.2) is 0 Å². The van der Waals surface area contributed by atoms with Crippen molar-refractivity contribution in [2.45, 2.75) is 40.0 Å². The van der Waals surface area contributed by atoms with Crippen molar-refractivity contribution in [3.05, 3.63) is 23.4 Å². The van der Waals surface area contributed by atoms with E-state index in [1.165, 1.54) is 23.3 Å². The van der Waals surface area contributed by atoms with Crippen molar-refractivity contribution in [3.63, 3.8) is 0 Å². The molecule has 1 unspecified atom stereocenters. The molecule has 1 aliphatic rings. The van der Waals surface area contributed by atoms with E-state index in [1.807, 2.05) is 7.05 Å². The highest BCUT2D eigenvalue weighted by Crippen LogP contribution is 2.33. The van der Waals surface area contributed by atoms with E-state index in [-0.39, 0.29) is 0 Å². The van der Waals surface area contributed by atoms with Gasteiger partial charge in [0.1, 0.15) is 0 Å². The van der Waals surface area contributed by atoms with Crippen LogP contribution in [-0.4, -0.2) is 19.3 Å². The molecule has 0 saturated carbocycles. The Kier molecular flexibility index (Phi) is 4.94. The topological polar surface area (TPSA) is 24.4 Å². The lowest BCUT2D eigenvalue weighted by molar-refractivity contribution is 0.437. The van der Waals surface area contributed by atoms with E-state index < -0.39 is 0 Å². The molecular weight excluding hydrogens is 196 g/mol. The van der Waals surface area contributed by atoms with Gasteiger partial charge in [0.05, 0.1) is 0 Å². The van der Waals surface area contributed by atoms with Crippen molar-refractivity contribution in [1.82, 2.24) is 5.32 Å². The predicted octanol–water partition coefficient (Wildman–Crippen LogP) is 3.32. The Morgan fingerprint density at radius 3 is 2.62 bits per heavy atom. The highest BCUT2D eigenvalue weighted by molar-refractivity contribution is 5.80. The van der Waals surface area contributed by atoms with Crippen LogP contribution in [0.1, 0.15) is 40.0 Å². The summed E-state index contributed by atoms with van der Waals surface area (Å²) in [4.78, 5) is 4.68. The molecule has 0 saturated heterocycles. The van der Waals surface area contributed by atoms with E-state index in [4.69, 9.17) is 0 Å². The second kappa shape index (κ2) is 6.00. The third kappa shape index (κ3) is 3.60. The van der Waals surface area contributed by atoms with Gasteiger partial charge in [0.15, 0.2) is 0 Å². The van der Waals surface area contributed by atoms with Gasteiger partial charge < -0.3 is 5.32 Å². The highest BCUT2D eigenvalue weighted by Gasteiger charge is 2.20. The second-order valence-corrected chi connectivity index (χ2v) is 4.93. The monoisotopic (exact) mass is 220 g/mol. The van der Waals surface area contributed by atoms with Crippen LogP contribution in [0.3, 0.4) is 0 Å². The molecule has 0 heterocycles. The van der Waals surface area contributed by atoms with Gasteiger partial charge in [-0.2, -0.15) is 0 Å². The zero-order valence-corrected chi connectivity index (χ0v) is 11.1. The van der Waals surface area contributed by atoms with E-state index in [2.05, 4.69) is 37.7 Å². The summed E-state index contributed by atoms with van der Waals surface area (Å²) in [6.45, 7) is 11.4. The maximum absolute atomic E-state index is 4.68. The Balaban J connectivity index is 2.90. The van der Waals surface area contributed by atoms with Crippen LogP contribution in [0.25, 0.3) is 0 Å². The maximum Gasteiger partial charge on any atom is 0.0440 e. The van der Waals surface area contributed by atoms with Crippen molar-refractivity contribution in [2.24, 2.45) is 10.9 Å². The summed E-state index contributed by atoms with van der Waals surface area (Å²) in [5.41, 5.74) is 4.97. The summed E-state index contributed by atoms with van der Waals surface area (Å²) >= 11 is 0. The van der Waals surface area contributed by atoms with E-state index in [1.54, 1.807) is 0 Å². The maximum atomic E-state index is 4.68. The van der Waals surface area contributed by atoms with Gasteiger partial charge in [-0.15, -0.1) is 0 Å². The lowest BCUT2D eigenvalue weighted by Crippen LogP contribution is -2.22. The largest absolute Gasteiger partial charge is 0.319 e. The lowest BCUT2D eigenvalue weighted by Gasteiger charge is -2.25. The van der Waals surface area contributed by atoms with Crippen LogP contribution in [0.15, 0.2) is 28.4 Å². The molecule has 0 amide bonds. The Labute approximate surface area is 99.5 Å². The van der Waals surface area contributed by atoms with Gasteiger partial charge in [0.25, 0.3) is 0 Å². The van der Waals surface area contributed by atoms with Crippen LogP contribution in [0.4, 0.5) is 0 Å². The van der Waals surface area contributed by atoms with Crippen molar-refractivity contribution >= 4 is 5.71 Å². The zero-order chi connectivity index (χ0) is 12.1. The average molecular weight is 220 g/mol. The SMILES string of the molecule is C=C(C)C1=C(N=C(C)C)CC(CNC)CC1. The number of hydrogen-bond acceptors (Lipinski definition) is 2. The number of hydrogen-bond donors (Lipinski definition) is 1. The fourth-order valence-electron chi connectivity index (χ4n) is 2.30. The van der Waals surface area contributed by atoms with E-state index in [0.717, 1.165) is 31.0 Å². The Morgan fingerprint density at radius 2 is 2.12 bits per heavy atom. The first-order valence-corrected chi connectivity index (χ1v) is 6.09. The van der Waals surface area contributed by atoms with Crippen molar-refractivity contribution in [2.75, 3.05) is 13.6 Å². The standard InChI is InChI=1S/C14H24N2/c1-10(2)13-7-6-12(9-15-5)8-14(13)16-11(3)4/h12,15H,1,6-9H2,2-5H3. The van der Waals surface area contributed by atoms with E-state index >= 15 is 0 Å². The van der Waals surface area contributed by atoms with Crippen LogP contribution >= 0.6 is 0 Å². The second-order valence-electron chi connectivity index (χ2n) is 4.93. The summed E-state index contributed by atoms with van der Waals surface area (Å²) in [6, 6.07) is 0. The molecule has 0 aromatic rings. The molecule has 0 bridgehead atoms. The van der Waals surface area contributed by atoms with Gasteiger partial charge in [0, 0.05) is 11.4 Å². The third-order valence-electron chi connectivity index (χ3n) is 3.00. The fourth-order valence-corrected chi connectivity index (χ4v) is 2.30. The summed E-state index contributed by atoms with van der Waals surface area (Å²) in [7, 11) is 2.02. The molecular formula is C14H24N2. The zero-order valence-electron chi connectivity index (χ0n) is 11.1. The summed E-state index contributed by atoms with van der Waals surface area (Å²) in [6.07, 6.45) is 3.48. The van der Waals surface area contributed by atoms with Gasteiger partial charge >= 0.3 is 0 Å². The minimum absolute atomic E-state index is 0.728. The first kappa shape index (κ1) is 13.2. The third-order valence-corrected chi connectivity index (χ3v) is 3.00. The molecule has 0 fully saturated rings. The Hall–Kier alpha value is -0.890. The van der Waals surface area contributed by atoms with Gasteiger partial charge in [-0.1, -0.05) is 12.2 Å². The molecule has 90 valence electrons. The average Bonchev–Trinajstić information content (AvgIpc) is 2.16. The van der Waals surface area contributed by atoms with Crippen molar-refractivity contribution < 1.29 is 0 Å². The molecule has 0 spiro atoms. The van der Waals surface area contributed by atoms with Gasteiger partial charge in [-0.3, -0.25) is 4.99 Å². The normalized spacial score (nSPS) is 20.9. The van der Waals surface area contributed by atoms with Gasteiger partial charge in [-0.05, 0) is 65.1 Å². The molecule has 16 heavy (non-hydrogen) atoms. The Morgan fingerprint density at radius 1 is 1.44 bits per heavy atom. The summed E-state index contributed by atoms with van der Waals surface area (Å²) in [5.74, 6) is 0.728. The Bertz CT molecular complexity index is 320. The van der Waals surface area contributed by atoms with Gasteiger partial charge in [0.2, 0.25) is 0 Å².